The van der Waals surface area contributed by atoms with E-state index in [9.17, 15) is 14.4 Å². The first-order valence-electron chi connectivity index (χ1n) is 13.8. The van der Waals surface area contributed by atoms with Crippen LogP contribution in [0.5, 0.6) is 0 Å². The average molecular weight is 514 g/mol. The third-order valence-electron chi connectivity index (χ3n) is 8.27. The highest BCUT2D eigenvalue weighted by Crippen LogP contribution is 2.66. The van der Waals surface area contributed by atoms with Crippen LogP contribution in [0.15, 0.2) is 30.3 Å². The molecule has 37 heavy (non-hydrogen) atoms. The van der Waals surface area contributed by atoms with Crippen molar-refractivity contribution in [2.24, 2.45) is 16.7 Å². The second-order valence-corrected chi connectivity index (χ2v) is 13.9. The van der Waals surface area contributed by atoms with Gasteiger partial charge in [0.15, 0.2) is 6.10 Å². The number of esters is 2. The molecular formula is C30H45N2O5+. The van der Waals surface area contributed by atoms with Gasteiger partial charge in [-0.15, -0.1) is 0 Å². The Hall–Kier alpha value is -2.41. The van der Waals surface area contributed by atoms with Gasteiger partial charge >= 0.3 is 11.9 Å². The van der Waals surface area contributed by atoms with Crippen molar-refractivity contribution in [1.29, 1.82) is 0 Å². The summed E-state index contributed by atoms with van der Waals surface area (Å²) in [5.41, 5.74) is 1.41. The largest absolute Gasteiger partial charge is 0.461 e. The topological polar surface area (TPSA) is 81.7 Å². The van der Waals surface area contributed by atoms with Gasteiger partial charge in [0.25, 0.3) is 0 Å². The predicted molar refractivity (Wildman–Crippen MR) is 141 cm³/mol. The number of nitrogens with one attached hydrogen (secondary N) is 1. The summed E-state index contributed by atoms with van der Waals surface area (Å²) < 4.78 is 11.6. The number of carbonyl (C=O) groups excluding carboxylic acids is 3. The molecule has 0 spiro atoms. The predicted octanol–water partition coefficient (Wildman–Crippen LogP) is 4.38. The van der Waals surface area contributed by atoms with Crippen LogP contribution < -0.4 is 5.32 Å². The normalized spacial score (nSPS) is 31.0. The van der Waals surface area contributed by atoms with E-state index in [4.69, 9.17) is 9.47 Å². The Kier molecular flexibility index (Phi) is 7.76. The molecule has 0 saturated heterocycles. The monoisotopic (exact) mass is 513 g/mol. The minimum absolute atomic E-state index is 0.00653. The van der Waals surface area contributed by atoms with E-state index in [-0.39, 0.29) is 37.3 Å². The van der Waals surface area contributed by atoms with Crippen molar-refractivity contribution >= 4 is 17.8 Å². The second-order valence-electron chi connectivity index (χ2n) is 13.9. The molecule has 5 rings (SSSR count). The molecule has 4 saturated carbocycles. The number of hydrogen-bond acceptors (Lipinski definition) is 5. The molecule has 2 unspecified atom stereocenters. The third-order valence-corrected chi connectivity index (χ3v) is 8.27. The van der Waals surface area contributed by atoms with E-state index in [1.54, 1.807) is 0 Å². The van der Waals surface area contributed by atoms with Crippen molar-refractivity contribution in [3.8, 4) is 0 Å². The molecule has 0 heterocycles. The van der Waals surface area contributed by atoms with Gasteiger partial charge in [-0.2, -0.15) is 0 Å². The summed E-state index contributed by atoms with van der Waals surface area (Å²) in [7, 11) is 5.95. The maximum Gasteiger partial charge on any atom is 0.310 e. The molecule has 1 amide bonds. The fourth-order valence-corrected chi connectivity index (χ4v) is 8.14. The van der Waals surface area contributed by atoms with Crippen molar-refractivity contribution in [3.05, 3.63) is 35.9 Å². The fraction of sp³-hybridized carbons (Fsp3) is 0.700. The lowest BCUT2D eigenvalue weighted by molar-refractivity contribution is -0.873. The summed E-state index contributed by atoms with van der Waals surface area (Å²) in [6.07, 6.45) is 6.43. The minimum Gasteiger partial charge on any atom is -0.461 e. The number of likely N-dealkylation sites (N-methyl/N-ethyl adjacent to an activating group) is 1. The molecule has 4 aliphatic rings. The second kappa shape index (κ2) is 10.4. The highest BCUT2D eigenvalue weighted by atomic mass is 16.6. The third kappa shape index (κ3) is 7.56. The first-order valence-corrected chi connectivity index (χ1v) is 13.8. The van der Waals surface area contributed by atoms with Gasteiger partial charge in [-0.25, -0.2) is 0 Å². The van der Waals surface area contributed by atoms with E-state index >= 15 is 0 Å². The number of nitrogens with zero attached hydrogens (tertiary/aromatic N) is 1. The molecule has 0 aliphatic heterocycles. The zero-order chi connectivity index (χ0) is 26.9. The lowest BCUT2D eigenvalue weighted by atomic mass is 9.43. The number of hydrogen-bond donors (Lipinski definition) is 1. The van der Waals surface area contributed by atoms with Crippen LogP contribution in [0.3, 0.4) is 0 Å². The van der Waals surface area contributed by atoms with Gasteiger partial charge in [-0.05, 0) is 60.8 Å². The zero-order valence-corrected chi connectivity index (χ0v) is 23.3. The van der Waals surface area contributed by atoms with Crippen LogP contribution in [0.25, 0.3) is 0 Å². The number of carbonyl (C=O) groups is 3. The Balaban J connectivity index is 1.26. The number of ether oxygens (including phenoxy) is 2. The van der Waals surface area contributed by atoms with E-state index < -0.39 is 18.0 Å². The van der Waals surface area contributed by atoms with Crippen molar-refractivity contribution < 1.29 is 28.3 Å². The summed E-state index contributed by atoms with van der Waals surface area (Å²) in [4.78, 5) is 38.1. The molecule has 204 valence electrons. The summed E-state index contributed by atoms with van der Waals surface area (Å²) in [6.45, 7) is 5.42. The van der Waals surface area contributed by atoms with Crippen molar-refractivity contribution in [1.82, 2.24) is 5.32 Å². The van der Waals surface area contributed by atoms with Crippen molar-refractivity contribution in [2.45, 2.75) is 89.9 Å². The Morgan fingerprint density at radius 3 is 2.19 bits per heavy atom. The summed E-state index contributed by atoms with van der Waals surface area (Å²) >= 11 is 0. The van der Waals surface area contributed by atoms with Gasteiger partial charge in [0.1, 0.15) is 13.2 Å². The van der Waals surface area contributed by atoms with Gasteiger partial charge in [0.05, 0.1) is 34.0 Å². The van der Waals surface area contributed by atoms with E-state index in [0.29, 0.717) is 27.8 Å². The molecule has 3 atom stereocenters. The lowest BCUT2D eigenvalue weighted by Gasteiger charge is -2.65. The smallest absolute Gasteiger partial charge is 0.310 e. The van der Waals surface area contributed by atoms with Crippen LogP contribution in [0.4, 0.5) is 0 Å². The Labute approximate surface area is 221 Å². The molecule has 0 aromatic heterocycles. The van der Waals surface area contributed by atoms with E-state index in [1.807, 2.05) is 51.5 Å². The molecule has 1 aromatic rings. The van der Waals surface area contributed by atoms with Crippen LogP contribution in [0.2, 0.25) is 0 Å². The van der Waals surface area contributed by atoms with Crippen LogP contribution >= 0.6 is 0 Å². The van der Waals surface area contributed by atoms with Gasteiger partial charge in [0.2, 0.25) is 5.91 Å². The van der Waals surface area contributed by atoms with E-state index in [1.165, 1.54) is 19.3 Å². The molecule has 7 heteroatoms. The lowest BCUT2D eigenvalue weighted by Crippen LogP contribution is -2.65. The Bertz CT molecular complexity index is 983. The standard InChI is InChI=1S/C30H44N2O5/c1-28-14-23-15-29(2,19-28)21-30(16-23,20-28)31-25(33)11-12-26(34)37-24(17-32(3,4)5)13-27(35)36-18-22-9-7-6-8-10-22/h6-10,23-24H,11-21H2,1-5H3/p+1/t23?,24-,28?,29?,30?/m1/s1. The van der Waals surface area contributed by atoms with E-state index in [2.05, 4.69) is 19.2 Å². The van der Waals surface area contributed by atoms with Crippen LogP contribution in [-0.4, -0.2) is 61.7 Å². The SMILES string of the molecule is CC12CC3CC(C)(C1)CC(NC(=O)CCC(=O)O[C@H](CC(=O)OCc1ccccc1)C[N+](C)(C)C)(C3)C2. The number of amides is 1. The Morgan fingerprint density at radius 1 is 0.946 bits per heavy atom. The van der Waals surface area contributed by atoms with Crippen molar-refractivity contribution in [3.63, 3.8) is 0 Å². The van der Waals surface area contributed by atoms with Crippen LogP contribution in [0.1, 0.15) is 77.2 Å². The Morgan fingerprint density at radius 2 is 1.59 bits per heavy atom. The van der Waals surface area contributed by atoms with Crippen LogP contribution in [-0.2, 0) is 30.5 Å². The molecule has 1 aromatic carbocycles. The van der Waals surface area contributed by atoms with E-state index in [0.717, 1.165) is 24.8 Å². The highest BCUT2D eigenvalue weighted by Gasteiger charge is 2.60. The molecule has 4 aliphatic carbocycles. The average Bonchev–Trinajstić information content (AvgIpc) is 2.73. The molecule has 4 bridgehead atoms. The molecular weight excluding hydrogens is 468 g/mol. The fourth-order valence-electron chi connectivity index (χ4n) is 8.14. The molecule has 7 nitrogen and oxygen atoms in total. The number of quaternary nitrogens is 1. The van der Waals surface area contributed by atoms with Gasteiger partial charge < -0.3 is 19.3 Å². The maximum absolute atomic E-state index is 13.0. The van der Waals surface area contributed by atoms with Gasteiger partial charge in [-0.3, -0.25) is 14.4 Å². The van der Waals surface area contributed by atoms with Gasteiger partial charge in [0, 0.05) is 12.0 Å². The molecule has 0 radical (unpaired) electrons. The number of rotatable bonds is 11. The first kappa shape index (κ1) is 27.6. The summed E-state index contributed by atoms with van der Waals surface area (Å²) in [5, 5.41) is 3.36. The summed E-state index contributed by atoms with van der Waals surface area (Å²) in [6, 6.07) is 9.49. The quantitative estimate of drug-likeness (QED) is 0.351. The first-order chi connectivity index (χ1) is 17.2. The van der Waals surface area contributed by atoms with Crippen molar-refractivity contribution in [2.75, 3.05) is 27.7 Å². The zero-order valence-electron chi connectivity index (χ0n) is 23.3. The summed E-state index contributed by atoms with van der Waals surface area (Å²) in [5.74, 6) is -0.239. The van der Waals surface area contributed by atoms with Crippen LogP contribution in [0, 0.1) is 16.7 Å². The maximum atomic E-state index is 13.0. The highest BCUT2D eigenvalue weighted by molar-refractivity contribution is 5.82. The molecule has 4 fully saturated rings. The molecule has 1 N–H and O–H groups in total. The minimum atomic E-state index is -0.609. The van der Waals surface area contributed by atoms with Gasteiger partial charge in [-0.1, -0.05) is 44.2 Å². The number of benzene rings is 1.